The fraction of sp³-hybridized carbons (Fsp3) is 0.158. The third-order valence-electron chi connectivity index (χ3n) is 3.60. The van der Waals surface area contributed by atoms with Crippen LogP contribution in [0, 0.1) is 6.92 Å². The van der Waals surface area contributed by atoms with Gasteiger partial charge >= 0.3 is 6.09 Å². The Kier molecular flexibility index (Phi) is 5.77. The minimum atomic E-state index is -0.613. The smallest absolute Gasteiger partial charge is 0.418 e. The number of carbonyl (C=O) groups excluding carboxylic acids is 1. The predicted octanol–water partition coefficient (Wildman–Crippen LogP) is 4.82. The van der Waals surface area contributed by atoms with E-state index in [0.29, 0.717) is 22.2 Å². The second kappa shape index (κ2) is 8.41. The van der Waals surface area contributed by atoms with Gasteiger partial charge in [-0.1, -0.05) is 12.1 Å². The number of carbonyl (C=O) groups is 1. The number of amides is 1. The quantitative estimate of drug-likeness (QED) is 0.633. The lowest BCUT2D eigenvalue weighted by Crippen LogP contribution is -2.17. The first-order valence-electron chi connectivity index (χ1n) is 8.06. The third kappa shape index (κ3) is 4.89. The maximum absolute atomic E-state index is 12.2. The van der Waals surface area contributed by atoms with Crippen molar-refractivity contribution in [3.8, 4) is 17.4 Å². The zero-order valence-electron chi connectivity index (χ0n) is 15.1. The molecule has 140 valence electrons. The lowest BCUT2D eigenvalue weighted by atomic mass is 10.2. The maximum Gasteiger partial charge on any atom is 0.418 e. The van der Waals surface area contributed by atoms with Crippen LogP contribution in [0.25, 0.3) is 0 Å². The number of aromatic nitrogens is 1. The van der Waals surface area contributed by atoms with Crippen LogP contribution >= 0.6 is 11.3 Å². The van der Waals surface area contributed by atoms with E-state index >= 15 is 0 Å². The van der Waals surface area contributed by atoms with Crippen LogP contribution in [0.3, 0.4) is 0 Å². The number of hydrogen-bond acceptors (Lipinski definition) is 7. The van der Waals surface area contributed by atoms with Gasteiger partial charge in [-0.2, -0.15) is 0 Å². The summed E-state index contributed by atoms with van der Waals surface area (Å²) in [6.07, 6.45) is -0.613. The monoisotopic (exact) mass is 385 g/mol. The first-order valence-corrected chi connectivity index (χ1v) is 8.94. The summed E-state index contributed by atoms with van der Waals surface area (Å²) >= 11 is 1.31. The zero-order valence-corrected chi connectivity index (χ0v) is 15.9. The number of hydrogen-bond donors (Lipinski definition) is 2. The first-order chi connectivity index (χ1) is 13.1. The van der Waals surface area contributed by atoms with Crippen molar-refractivity contribution in [3.63, 3.8) is 0 Å². The number of ether oxygens (including phenoxy) is 3. The van der Waals surface area contributed by atoms with Crippen LogP contribution in [0.2, 0.25) is 0 Å². The van der Waals surface area contributed by atoms with Crippen molar-refractivity contribution < 1.29 is 19.0 Å². The van der Waals surface area contributed by atoms with E-state index in [1.165, 1.54) is 11.3 Å². The molecule has 0 fully saturated rings. The fourth-order valence-electron chi connectivity index (χ4n) is 2.36. The van der Waals surface area contributed by atoms with Gasteiger partial charge in [0.15, 0.2) is 5.00 Å². The maximum atomic E-state index is 12.2. The molecule has 8 heteroatoms. The molecule has 2 aromatic carbocycles. The number of methoxy groups -OCH3 is 2. The van der Waals surface area contributed by atoms with E-state index in [0.717, 1.165) is 11.3 Å². The third-order valence-corrected chi connectivity index (χ3v) is 4.32. The van der Waals surface area contributed by atoms with Gasteiger partial charge in [-0.15, -0.1) is 11.3 Å². The lowest BCUT2D eigenvalue weighted by molar-refractivity contribution is 0.214. The van der Waals surface area contributed by atoms with Crippen LogP contribution < -0.4 is 24.8 Å². The Morgan fingerprint density at radius 2 is 1.78 bits per heavy atom. The van der Waals surface area contributed by atoms with Crippen molar-refractivity contribution in [1.29, 1.82) is 0 Å². The first kappa shape index (κ1) is 18.5. The Hall–Kier alpha value is -3.26. The normalized spacial score (nSPS) is 10.2. The van der Waals surface area contributed by atoms with E-state index in [4.69, 9.17) is 14.2 Å². The van der Waals surface area contributed by atoms with Crippen LogP contribution in [-0.4, -0.2) is 25.3 Å². The molecule has 0 aliphatic heterocycles. The number of rotatable bonds is 6. The average Bonchev–Trinajstić information content (AvgIpc) is 3.07. The molecular weight excluding hydrogens is 366 g/mol. The Morgan fingerprint density at radius 3 is 2.44 bits per heavy atom. The van der Waals surface area contributed by atoms with E-state index in [1.54, 1.807) is 44.0 Å². The van der Waals surface area contributed by atoms with Crippen molar-refractivity contribution >= 4 is 33.8 Å². The molecule has 0 spiro atoms. The summed E-state index contributed by atoms with van der Waals surface area (Å²) in [6, 6.07) is 12.8. The standard InChI is InChI=1S/C19H19N3O4S/c1-12-5-4-6-13(7-12)22-19(23)26-17-18(27-11-20-17)21-14-8-15(24-2)10-16(9-14)25-3/h4-11,21H,1-3H3,(H,22,23). The molecule has 27 heavy (non-hydrogen) atoms. The predicted molar refractivity (Wildman–Crippen MR) is 106 cm³/mol. The van der Waals surface area contributed by atoms with Crippen LogP contribution in [0.15, 0.2) is 48.0 Å². The van der Waals surface area contributed by atoms with Crippen molar-refractivity contribution in [2.45, 2.75) is 6.92 Å². The number of aryl methyl sites for hydroxylation is 1. The summed E-state index contributed by atoms with van der Waals surface area (Å²) in [6.45, 7) is 1.95. The van der Waals surface area contributed by atoms with Gasteiger partial charge in [0.25, 0.3) is 5.88 Å². The molecule has 1 heterocycles. The average molecular weight is 385 g/mol. The van der Waals surface area contributed by atoms with Gasteiger partial charge in [0, 0.05) is 29.6 Å². The highest BCUT2D eigenvalue weighted by atomic mass is 32.1. The summed E-state index contributed by atoms with van der Waals surface area (Å²) in [4.78, 5) is 16.3. The van der Waals surface area contributed by atoms with Crippen molar-refractivity contribution in [2.24, 2.45) is 0 Å². The molecular formula is C19H19N3O4S. The molecule has 1 amide bonds. The van der Waals surface area contributed by atoms with Gasteiger partial charge in [-0.25, -0.2) is 9.78 Å². The SMILES string of the molecule is COc1cc(Nc2scnc2OC(=O)Nc2cccc(C)c2)cc(OC)c1. The van der Waals surface area contributed by atoms with Crippen molar-refractivity contribution in [1.82, 2.24) is 4.98 Å². The number of thiazole rings is 1. The Labute approximate surface area is 160 Å². The molecule has 2 N–H and O–H groups in total. The van der Waals surface area contributed by atoms with Crippen LogP contribution in [-0.2, 0) is 0 Å². The topological polar surface area (TPSA) is 81.7 Å². The number of anilines is 3. The number of benzene rings is 2. The lowest BCUT2D eigenvalue weighted by Gasteiger charge is -2.11. The van der Waals surface area contributed by atoms with Gasteiger partial charge in [0.2, 0.25) is 0 Å². The molecule has 0 bridgehead atoms. The van der Waals surface area contributed by atoms with E-state index in [9.17, 15) is 4.79 Å². The highest BCUT2D eigenvalue weighted by molar-refractivity contribution is 7.14. The molecule has 0 atom stereocenters. The minimum Gasteiger partial charge on any atom is -0.497 e. The highest BCUT2D eigenvalue weighted by Gasteiger charge is 2.14. The molecule has 1 aromatic heterocycles. The molecule has 0 saturated carbocycles. The largest absolute Gasteiger partial charge is 0.497 e. The molecule has 0 radical (unpaired) electrons. The van der Waals surface area contributed by atoms with E-state index in [1.807, 2.05) is 25.1 Å². The van der Waals surface area contributed by atoms with Gasteiger partial charge in [0.1, 0.15) is 11.5 Å². The second-order valence-electron chi connectivity index (χ2n) is 5.60. The molecule has 0 aliphatic rings. The van der Waals surface area contributed by atoms with Crippen LogP contribution in [0.1, 0.15) is 5.56 Å². The van der Waals surface area contributed by atoms with E-state index in [-0.39, 0.29) is 5.88 Å². The zero-order chi connectivity index (χ0) is 19.2. The Morgan fingerprint density at radius 1 is 1.04 bits per heavy atom. The van der Waals surface area contributed by atoms with Crippen molar-refractivity contribution in [3.05, 3.63) is 53.5 Å². The van der Waals surface area contributed by atoms with E-state index in [2.05, 4.69) is 15.6 Å². The minimum absolute atomic E-state index is 0.187. The molecule has 0 unspecified atom stereocenters. The van der Waals surface area contributed by atoms with Gasteiger partial charge in [0.05, 0.1) is 19.7 Å². The van der Waals surface area contributed by atoms with Crippen LogP contribution in [0.5, 0.6) is 17.4 Å². The summed E-state index contributed by atoms with van der Waals surface area (Å²) in [5, 5.41) is 6.44. The number of nitrogens with zero attached hydrogens (tertiary/aromatic N) is 1. The molecule has 3 rings (SSSR count). The summed E-state index contributed by atoms with van der Waals surface area (Å²) in [7, 11) is 3.16. The summed E-state index contributed by atoms with van der Waals surface area (Å²) in [5.74, 6) is 1.47. The van der Waals surface area contributed by atoms with E-state index < -0.39 is 6.09 Å². The van der Waals surface area contributed by atoms with Gasteiger partial charge < -0.3 is 19.5 Å². The van der Waals surface area contributed by atoms with Gasteiger partial charge in [-0.05, 0) is 24.6 Å². The Balaban J connectivity index is 1.71. The fourth-order valence-corrected chi connectivity index (χ4v) is 2.98. The molecule has 7 nitrogen and oxygen atoms in total. The van der Waals surface area contributed by atoms with Gasteiger partial charge in [-0.3, -0.25) is 5.32 Å². The highest BCUT2D eigenvalue weighted by Crippen LogP contribution is 2.34. The molecule has 3 aromatic rings. The Bertz CT molecular complexity index is 920. The summed E-state index contributed by atoms with van der Waals surface area (Å²) in [5.41, 5.74) is 4.01. The molecule has 0 aliphatic carbocycles. The number of nitrogens with one attached hydrogen (secondary N) is 2. The van der Waals surface area contributed by atoms with Crippen molar-refractivity contribution in [2.75, 3.05) is 24.9 Å². The van der Waals surface area contributed by atoms with Crippen LogP contribution in [0.4, 0.5) is 21.2 Å². The summed E-state index contributed by atoms with van der Waals surface area (Å²) < 4.78 is 15.9. The molecule has 0 saturated heterocycles. The second-order valence-corrected chi connectivity index (χ2v) is 6.45.